The van der Waals surface area contributed by atoms with E-state index in [4.69, 9.17) is 0 Å². The lowest BCUT2D eigenvalue weighted by Crippen LogP contribution is -1.98. The molecule has 0 unspecified atom stereocenters. The van der Waals surface area contributed by atoms with Gasteiger partial charge in [0, 0.05) is 0 Å². The first-order valence-corrected chi connectivity index (χ1v) is 9.79. The van der Waals surface area contributed by atoms with Gasteiger partial charge in [0.25, 0.3) is 6.43 Å². The van der Waals surface area contributed by atoms with Crippen molar-refractivity contribution >= 4 is 0 Å². The second-order valence-corrected chi connectivity index (χ2v) is 7.48. The smallest absolute Gasteiger partial charge is 0.206 e. The summed E-state index contributed by atoms with van der Waals surface area (Å²) in [5, 5.41) is 0. The van der Waals surface area contributed by atoms with Crippen molar-refractivity contribution < 1.29 is 13.2 Å². The van der Waals surface area contributed by atoms with Crippen molar-refractivity contribution in [2.45, 2.75) is 20.3 Å². The van der Waals surface area contributed by atoms with Crippen LogP contribution in [-0.2, 0) is 0 Å². The van der Waals surface area contributed by atoms with Crippen molar-refractivity contribution in [1.29, 1.82) is 0 Å². The van der Waals surface area contributed by atoms with E-state index in [9.17, 15) is 13.2 Å². The standard InChI is InChI=1S/C27H21F3/c1-17-3-6-19(7-4-17)20-8-10-21(11-9-20)22-12-14-23(15-13-22)24-16-5-18(2)26(28)25(24)27(29)30/h3-16,27H,1-2H3. The number of benzene rings is 4. The lowest BCUT2D eigenvalue weighted by atomic mass is 9.94. The lowest BCUT2D eigenvalue weighted by molar-refractivity contribution is 0.147. The molecule has 0 bridgehead atoms. The van der Waals surface area contributed by atoms with Gasteiger partial charge in [-0.1, -0.05) is 90.5 Å². The number of aryl methyl sites for hydroxylation is 2. The number of hydrogen-bond donors (Lipinski definition) is 0. The average Bonchev–Trinajstić information content (AvgIpc) is 2.76. The highest BCUT2D eigenvalue weighted by Crippen LogP contribution is 2.35. The van der Waals surface area contributed by atoms with Gasteiger partial charge in [-0.25, -0.2) is 13.2 Å². The topological polar surface area (TPSA) is 0 Å². The molecule has 3 heteroatoms. The summed E-state index contributed by atoms with van der Waals surface area (Å²) >= 11 is 0. The summed E-state index contributed by atoms with van der Waals surface area (Å²) in [6, 6.07) is 27.0. The maximum atomic E-state index is 14.3. The fourth-order valence-corrected chi connectivity index (χ4v) is 3.61. The minimum absolute atomic E-state index is 0.222. The van der Waals surface area contributed by atoms with Crippen LogP contribution >= 0.6 is 0 Å². The average molecular weight is 402 g/mol. The Balaban J connectivity index is 1.63. The van der Waals surface area contributed by atoms with Gasteiger partial charge in [-0.3, -0.25) is 0 Å². The molecule has 0 amide bonds. The zero-order valence-electron chi connectivity index (χ0n) is 16.8. The summed E-state index contributed by atoms with van der Waals surface area (Å²) in [5.41, 5.74) is 6.00. The summed E-state index contributed by atoms with van der Waals surface area (Å²) < 4.78 is 41.2. The van der Waals surface area contributed by atoms with Crippen LogP contribution in [0.15, 0.2) is 84.9 Å². The Hall–Kier alpha value is -3.33. The molecule has 0 spiro atoms. The second-order valence-electron chi connectivity index (χ2n) is 7.48. The van der Waals surface area contributed by atoms with E-state index in [2.05, 4.69) is 43.3 Å². The summed E-state index contributed by atoms with van der Waals surface area (Å²) in [7, 11) is 0. The first-order valence-electron chi connectivity index (χ1n) is 9.79. The molecule has 0 heterocycles. The fraction of sp³-hybridized carbons (Fsp3) is 0.111. The van der Waals surface area contributed by atoms with Crippen LogP contribution in [0.4, 0.5) is 13.2 Å². The van der Waals surface area contributed by atoms with E-state index in [1.165, 1.54) is 18.6 Å². The molecule has 4 aromatic carbocycles. The zero-order valence-corrected chi connectivity index (χ0v) is 16.8. The molecule has 0 nitrogen and oxygen atoms in total. The highest BCUT2D eigenvalue weighted by atomic mass is 19.3. The quantitative estimate of drug-likeness (QED) is 0.321. The summed E-state index contributed by atoms with van der Waals surface area (Å²) in [4.78, 5) is 0. The van der Waals surface area contributed by atoms with Crippen molar-refractivity contribution in [3.05, 3.63) is 107 Å². The first kappa shape index (κ1) is 20.0. The van der Waals surface area contributed by atoms with Gasteiger partial charge in [-0.05, 0) is 52.8 Å². The second kappa shape index (κ2) is 8.19. The molecule has 0 saturated carbocycles. The van der Waals surface area contributed by atoms with Crippen LogP contribution in [0.5, 0.6) is 0 Å². The molecule has 0 aliphatic rings. The third-order valence-corrected chi connectivity index (χ3v) is 5.39. The van der Waals surface area contributed by atoms with Crippen LogP contribution in [0.1, 0.15) is 23.1 Å². The van der Waals surface area contributed by atoms with Crippen LogP contribution in [0.25, 0.3) is 33.4 Å². The molecular formula is C27H21F3. The van der Waals surface area contributed by atoms with Crippen molar-refractivity contribution in [1.82, 2.24) is 0 Å². The Morgan fingerprint density at radius 1 is 0.533 bits per heavy atom. The molecule has 0 aliphatic heterocycles. The minimum atomic E-state index is -2.87. The molecule has 150 valence electrons. The molecule has 30 heavy (non-hydrogen) atoms. The van der Waals surface area contributed by atoms with Gasteiger partial charge in [0.15, 0.2) is 0 Å². The van der Waals surface area contributed by atoms with Gasteiger partial charge in [-0.2, -0.15) is 0 Å². The Kier molecular flexibility index (Phi) is 5.45. The van der Waals surface area contributed by atoms with E-state index in [0.29, 0.717) is 5.56 Å². The fourth-order valence-electron chi connectivity index (χ4n) is 3.61. The summed E-state index contributed by atoms with van der Waals surface area (Å²) in [5.74, 6) is -0.835. The number of hydrogen-bond acceptors (Lipinski definition) is 0. The Labute approximate surface area is 174 Å². The normalized spacial score (nSPS) is 11.1. The van der Waals surface area contributed by atoms with Crippen molar-refractivity contribution in [2.75, 3.05) is 0 Å². The number of halogens is 3. The lowest BCUT2D eigenvalue weighted by Gasteiger charge is -2.13. The Morgan fingerprint density at radius 2 is 0.933 bits per heavy atom. The molecule has 4 aromatic rings. The van der Waals surface area contributed by atoms with E-state index < -0.39 is 17.8 Å². The Bertz CT molecular complexity index is 1160. The number of alkyl halides is 2. The monoisotopic (exact) mass is 402 g/mol. The van der Waals surface area contributed by atoms with Crippen LogP contribution < -0.4 is 0 Å². The third-order valence-electron chi connectivity index (χ3n) is 5.39. The highest BCUT2D eigenvalue weighted by Gasteiger charge is 2.20. The van der Waals surface area contributed by atoms with Crippen molar-refractivity contribution in [3.63, 3.8) is 0 Å². The Morgan fingerprint density at radius 3 is 1.37 bits per heavy atom. The van der Waals surface area contributed by atoms with Crippen molar-refractivity contribution in [3.8, 4) is 33.4 Å². The van der Waals surface area contributed by atoms with E-state index in [0.717, 1.165) is 22.3 Å². The molecule has 0 saturated heterocycles. The zero-order chi connectivity index (χ0) is 21.3. The first-order chi connectivity index (χ1) is 14.4. The van der Waals surface area contributed by atoms with Gasteiger partial charge in [0.2, 0.25) is 0 Å². The van der Waals surface area contributed by atoms with Gasteiger partial charge >= 0.3 is 0 Å². The molecule has 0 aromatic heterocycles. The molecule has 0 N–H and O–H groups in total. The molecular weight excluding hydrogens is 381 g/mol. The number of rotatable bonds is 4. The SMILES string of the molecule is Cc1ccc(-c2ccc(-c3ccc(-c4ccc(C)c(F)c4C(F)F)cc3)cc2)cc1. The largest absolute Gasteiger partial charge is 0.267 e. The van der Waals surface area contributed by atoms with E-state index in [1.807, 2.05) is 24.3 Å². The third kappa shape index (κ3) is 3.88. The molecule has 0 fully saturated rings. The van der Waals surface area contributed by atoms with Gasteiger partial charge in [0.05, 0.1) is 5.56 Å². The van der Waals surface area contributed by atoms with Crippen LogP contribution in [0, 0.1) is 19.7 Å². The van der Waals surface area contributed by atoms with Gasteiger partial charge in [0.1, 0.15) is 5.82 Å². The van der Waals surface area contributed by atoms with Crippen molar-refractivity contribution in [2.24, 2.45) is 0 Å². The molecule has 0 radical (unpaired) electrons. The van der Waals surface area contributed by atoms with E-state index in [-0.39, 0.29) is 11.1 Å². The summed E-state index contributed by atoms with van der Waals surface area (Å²) in [6.07, 6.45) is -2.87. The predicted octanol–water partition coefficient (Wildman–Crippen LogP) is 8.38. The summed E-state index contributed by atoms with van der Waals surface area (Å²) in [6.45, 7) is 3.56. The maximum Gasteiger partial charge on any atom is 0.267 e. The van der Waals surface area contributed by atoms with E-state index >= 15 is 0 Å². The van der Waals surface area contributed by atoms with Crippen LogP contribution in [0.3, 0.4) is 0 Å². The van der Waals surface area contributed by atoms with E-state index in [1.54, 1.807) is 18.2 Å². The predicted molar refractivity (Wildman–Crippen MR) is 117 cm³/mol. The van der Waals surface area contributed by atoms with Crippen LogP contribution in [-0.4, -0.2) is 0 Å². The molecule has 0 aliphatic carbocycles. The maximum absolute atomic E-state index is 14.3. The molecule has 0 atom stereocenters. The van der Waals surface area contributed by atoms with Gasteiger partial charge in [-0.15, -0.1) is 0 Å². The van der Waals surface area contributed by atoms with Gasteiger partial charge < -0.3 is 0 Å². The molecule has 4 rings (SSSR count). The van der Waals surface area contributed by atoms with Crippen LogP contribution in [0.2, 0.25) is 0 Å². The highest BCUT2D eigenvalue weighted by molar-refractivity contribution is 5.74. The minimum Gasteiger partial charge on any atom is -0.206 e.